The van der Waals surface area contributed by atoms with Gasteiger partial charge in [0, 0.05) is 36.4 Å². The van der Waals surface area contributed by atoms with Crippen molar-refractivity contribution < 1.29 is 18.1 Å². The van der Waals surface area contributed by atoms with E-state index in [0.29, 0.717) is 5.39 Å². The predicted molar refractivity (Wildman–Crippen MR) is 116 cm³/mol. The Morgan fingerprint density at radius 1 is 1.13 bits per heavy atom. The summed E-state index contributed by atoms with van der Waals surface area (Å²) in [6.07, 6.45) is 4.18. The van der Waals surface area contributed by atoms with Gasteiger partial charge in [0.1, 0.15) is 5.56 Å². The van der Waals surface area contributed by atoms with Crippen molar-refractivity contribution in [1.82, 2.24) is 4.57 Å². The second kappa shape index (κ2) is 7.52. The van der Waals surface area contributed by atoms with Crippen LogP contribution in [0.2, 0.25) is 0 Å². The van der Waals surface area contributed by atoms with Gasteiger partial charge < -0.3 is 14.1 Å². The van der Waals surface area contributed by atoms with Crippen molar-refractivity contribution in [1.29, 1.82) is 0 Å². The van der Waals surface area contributed by atoms with E-state index in [-0.39, 0.29) is 11.6 Å². The van der Waals surface area contributed by atoms with E-state index in [9.17, 15) is 18.2 Å². The molecule has 2 heterocycles. The number of benzene rings is 2. The first-order valence-corrected chi connectivity index (χ1v) is 10.4. The van der Waals surface area contributed by atoms with E-state index < -0.39 is 18.9 Å². The smallest absolute Gasteiger partial charge is 0.474 e. The number of hydrogen-bond donors (Lipinski definition) is 0. The molecule has 2 aromatic carbocycles. The van der Waals surface area contributed by atoms with Crippen molar-refractivity contribution >= 4 is 30.0 Å². The van der Waals surface area contributed by atoms with Crippen LogP contribution in [-0.2, 0) is 17.6 Å². The minimum absolute atomic E-state index is 0.150. The molecule has 0 saturated heterocycles. The number of carbonyl (C=O) groups is 1. The van der Waals surface area contributed by atoms with Gasteiger partial charge in [-0.05, 0) is 55.0 Å². The van der Waals surface area contributed by atoms with Crippen LogP contribution in [-0.4, -0.2) is 24.6 Å². The molecule has 1 saturated carbocycles. The van der Waals surface area contributed by atoms with Gasteiger partial charge >= 0.3 is 13.4 Å². The van der Waals surface area contributed by atoms with Crippen LogP contribution in [0.15, 0.2) is 47.4 Å². The van der Waals surface area contributed by atoms with Crippen LogP contribution in [0.25, 0.3) is 10.9 Å². The first kappa shape index (κ1) is 19.8. The van der Waals surface area contributed by atoms with E-state index in [2.05, 4.69) is 27.8 Å². The van der Waals surface area contributed by atoms with Crippen LogP contribution in [0.5, 0.6) is 0 Å². The zero-order valence-electron chi connectivity index (χ0n) is 17.1. The molecule has 1 aliphatic heterocycles. The molecule has 0 N–H and O–H groups in total. The van der Waals surface area contributed by atoms with Crippen molar-refractivity contribution in [3.05, 3.63) is 75.1 Å². The predicted octanol–water partition coefficient (Wildman–Crippen LogP) is 4.29. The topological polar surface area (TPSA) is 51.5 Å². The minimum atomic E-state index is -3.26. The molecule has 158 valence electrons. The molecule has 3 aromatic rings. The number of fused-ring (bicyclic) bond motifs is 2. The monoisotopic (exact) mass is 422 g/mol. The van der Waals surface area contributed by atoms with Gasteiger partial charge in [-0.1, -0.05) is 24.3 Å². The molecule has 8 heteroatoms. The number of halogens is 2. The van der Waals surface area contributed by atoms with E-state index in [4.69, 9.17) is 0 Å². The molecule has 0 amide bonds. The Balaban J connectivity index is 1.63. The lowest BCUT2D eigenvalue weighted by atomic mass is 9.98. The summed E-state index contributed by atoms with van der Waals surface area (Å²) in [4.78, 5) is 27.4. The van der Waals surface area contributed by atoms with E-state index in [1.54, 1.807) is 6.07 Å². The lowest BCUT2D eigenvalue weighted by Gasteiger charge is -2.32. The minimum Gasteiger partial charge on any atom is -0.474 e. The van der Waals surface area contributed by atoms with Gasteiger partial charge in [-0.15, -0.1) is 0 Å². The largest absolute Gasteiger partial charge is 0.798 e. The SMILES string of the molecule is Cc1c(N2CCc3ccccc3C2)ccc2c(=O)c(C(=O)OB(F)F)cn(C3CC3)c12. The maximum Gasteiger partial charge on any atom is 0.798 e. The molecule has 1 fully saturated rings. The second-order valence-electron chi connectivity index (χ2n) is 8.22. The van der Waals surface area contributed by atoms with E-state index in [0.717, 1.165) is 49.1 Å². The molecule has 5 rings (SSSR count). The first-order valence-electron chi connectivity index (χ1n) is 10.4. The van der Waals surface area contributed by atoms with Gasteiger partial charge in [0.05, 0.1) is 5.52 Å². The zero-order valence-corrected chi connectivity index (χ0v) is 17.1. The van der Waals surface area contributed by atoms with Gasteiger partial charge in [0.15, 0.2) is 0 Å². The fraction of sp³-hybridized carbons (Fsp3) is 0.304. The van der Waals surface area contributed by atoms with Crippen molar-refractivity contribution in [2.45, 2.75) is 38.8 Å². The molecule has 0 unspecified atom stereocenters. The maximum absolute atomic E-state index is 13.0. The Kier molecular flexibility index (Phi) is 4.80. The molecule has 1 aromatic heterocycles. The van der Waals surface area contributed by atoms with Gasteiger partial charge in [0.25, 0.3) is 0 Å². The van der Waals surface area contributed by atoms with Crippen LogP contribution in [0.1, 0.15) is 45.9 Å². The highest BCUT2D eigenvalue weighted by atomic mass is 19.2. The molecule has 5 nitrogen and oxygen atoms in total. The number of rotatable bonds is 4. The molecular weight excluding hydrogens is 401 g/mol. The maximum atomic E-state index is 13.0. The molecule has 0 bridgehead atoms. The lowest BCUT2D eigenvalue weighted by molar-refractivity contribution is 0.0693. The molecule has 2 aliphatic rings. The van der Waals surface area contributed by atoms with Crippen molar-refractivity contribution in [2.24, 2.45) is 0 Å². The van der Waals surface area contributed by atoms with Gasteiger partial charge in [0.2, 0.25) is 5.43 Å². The van der Waals surface area contributed by atoms with E-state index in [1.807, 2.05) is 23.6 Å². The number of nitrogens with zero attached hydrogens (tertiary/aromatic N) is 2. The first-order chi connectivity index (χ1) is 14.9. The third-order valence-corrected chi connectivity index (χ3v) is 6.25. The Morgan fingerprint density at radius 2 is 1.87 bits per heavy atom. The fourth-order valence-electron chi connectivity index (χ4n) is 4.59. The molecule has 0 radical (unpaired) electrons. The van der Waals surface area contributed by atoms with Crippen molar-refractivity contribution in [2.75, 3.05) is 11.4 Å². The third kappa shape index (κ3) is 3.50. The highest BCUT2D eigenvalue weighted by molar-refractivity contribution is 6.38. The summed E-state index contributed by atoms with van der Waals surface area (Å²) >= 11 is 0. The summed E-state index contributed by atoms with van der Waals surface area (Å²) in [5.41, 5.74) is 4.48. The van der Waals surface area contributed by atoms with Crippen LogP contribution in [0.4, 0.5) is 14.3 Å². The number of pyridine rings is 1. The van der Waals surface area contributed by atoms with Crippen molar-refractivity contribution in [3.63, 3.8) is 0 Å². The molecule has 0 spiro atoms. The number of hydrogen-bond acceptors (Lipinski definition) is 4. The Morgan fingerprint density at radius 3 is 2.58 bits per heavy atom. The Bertz CT molecular complexity index is 1250. The zero-order chi connectivity index (χ0) is 21.7. The summed E-state index contributed by atoms with van der Waals surface area (Å²) in [5, 5.41) is 0.356. The van der Waals surface area contributed by atoms with Gasteiger partial charge in [-0.3, -0.25) is 4.79 Å². The summed E-state index contributed by atoms with van der Waals surface area (Å²) in [6.45, 7) is 3.64. The highest BCUT2D eigenvalue weighted by Gasteiger charge is 2.31. The standard InChI is InChI=1S/C23H21BF2N2O3/c1-14-20(27-11-10-15-4-2-3-5-16(15)12-27)9-8-18-21(14)28(17-6-7-17)13-19(22(18)29)23(30)31-24(25)26/h2-5,8-9,13,17H,6-7,10-12H2,1H3. The molecule has 0 atom stereocenters. The van der Waals surface area contributed by atoms with E-state index in [1.165, 1.54) is 17.3 Å². The quantitative estimate of drug-likeness (QED) is 0.589. The second-order valence-corrected chi connectivity index (χ2v) is 8.22. The van der Waals surface area contributed by atoms with Crippen molar-refractivity contribution in [3.8, 4) is 0 Å². The Hall–Kier alpha value is -3.16. The van der Waals surface area contributed by atoms with Gasteiger partial charge in [-0.25, -0.2) is 13.4 Å². The number of aryl methyl sites for hydroxylation is 1. The summed E-state index contributed by atoms with van der Waals surface area (Å²) in [7, 11) is -3.26. The summed E-state index contributed by atoms with van der Waals surface area (Å²) in [6, 6.07) is 12.1. The number of anilines is 1. The number of carbonyl (C=O) groups excluding carboxylic acids is 1. The summed E-state index contributed by atoms with van der Waals surface area (Å²) in [5.74, 6) is -1.29. The molecule has 31 heavy (non-hydrogen) atoms. The van der Waals surface area contributed by atoms with Crippen LogP contribution in [0, 0.1) is 6.92 Å². The Labute approximate surface area is 178 Å². The molecule has 1 aliphatic carbocycles. The average molecular weight is 422 g/mol. The summed E-state index contributed by atoms with van der Waals surface area (Å²) < 4.78 is 31.0. The average Bonchev–Trinajstić information content (AvgIpc) is 3.59. The highest BCUT2D eigenvalue weighted by Crippen LogP contribution is 2.39. The van der Waals surface area contributed by atoms with E-state index >= 15 is 0 Å². The molecular formula is C23H21BF2N2O3. The normalized spacial score (nSPS) is 15.6. The number of aromatic nitrogens is 1. The fourth-order valence-corrected chi connectivity index (χ4v) is 4.59. The van der Waals surface area contributed by atoms with Crippen LogP contribution < -0.4 is 10.3 Å². The third-order valence-electron chi connectivity index (χ3n) is 6.25. The van der Waals surface area contributed by atoms with Crippen LogP contribution in [0.3, 0.4) is 0 Å². The van der Waals surface area contributed by atoms with Gasteiger partial charge in [-0.2, -0.15) is 0 Å². The lowest BCUT2D eigenvalue weighted by Crippen LogP contribution is -2.31. The van der Waals surface area contributed by atoms with Crippen LogP contribution >= 0.6 is 0 Å².